The minimum atomic E-state index is -0.160. The van der Waals surface area contributed by atoms with E-state index in [2.05, 4.69) is 52.8 Å². The number of likely N-dealkylation sites (N-methyl/N-ethyl adjacent to an activating group) is 1. The van der Waals surface area contributed by atoms with Gasteiger partial charge in [-0.2, -0.15) is 0 Å². The molecular formula is C14H21NO. The second-order valence-corrected chi connectivity index (χ2v) is 5.41. The summed E-state index contributed by atoms with van der Waals surface area (Å²) in [6, 6.07) is 0. The average molecular weight is 219 g/mol. The van der Waals surface area contributed by atoms with Gasteiger partial charge in [-0.1, -0.05) is 0 Å². The third kappa shape index (κ3) is 1.48. The minimum absolute atomic E-state index is 0.160. The van der Waals surface area contributed by atoms with Gasteiger partial charge in [0.2, 0.25) is 0 Å². The highest BCUT2D eigenvalue weighted by Gasteiger charge is 2.38. The fourth-order valence-electron chi connectivity index (χ4n) is 2.49. The van der Waals surface area contributed by atoms with E-state index in [-0.39, 0.29) is 5.60 Å². The summed E-state index contributed by atoms with van der Waals surface area (Å²) in [5, 5.41) is 0. The number of rotatable bonds is 1. The third-order valence-electron chi connectivity index (χ3n) is 3.57. The monoisotopic (exact) mass is 219 g/mol. The fraction of sp³-hybridized carbons (Fsp3) is 0.571. The van der Waals surface area contributed by atoms with Crippen molar-refractivity contribution in [2.45, 2.75) is 39.7 Å². The van der Waals surface area contributed by atoms with Crippen molar-refractivity contribution in [3.05, 3.63) is 34.3 Å². The molecule has 0 amide bonds. The lowest BCUT2D eigenvalue weighted by Gasteiger charge is -2.25. The first-order chi connectivity index (χ1) is 7.34. The second-order valence-electron chi connectivity index (χ2n) is 5.41. The molecule has 0 N–H and O–H groups in total. The molecule has 1 heterocycles. The summed E-state index contributed by atoms with van der Waals surface area (Å²) in [4.78, 5) is 2.20. The van der Waals surface area contributed by atoms with Gasteiger partial charge < -0.3 is 9.64 Å². The first-order valence-corrected chi connectivity index (χ1v) is 5.83. The summed E-state index contributed by atoms with van der Waals surface area (Å²) < 4.78 is 6.02. The largest absolute Gasteiger partial charge is 0.483 e. The molecule has 0 spiro atoms. The Labute approximate surface area is 98.3 Å². The van der Waals surface area contributed by atoms with Crippen LogP contribution in [0.2, 0.25) is 0 Å². The molecular weight excluding hydrogens is 198 g/mol. The normalized spacial score (nSPS) is 23.0. The Balaban J connectivity index is 2.59. The van der Waals surface area contributed by atoms with Gasteiger partial charge >= 0.3 is 0 Å². The SMILES string of the molecule is CC1=C(N(C)C)C2=C(C)C(C)(C)OC2=CC1. The second kappa shape index (κ2) is 3.41. The first kappa shape index (κ1) is 11.3. The van der Waals surface area contributed by atoms with Crippen LogP contribution in [0.25, 0.3) is 0 Å². The van der Waals surface area contributed by atoms with Crippen LogP contribution >= 0.6 is 0 Å². The minimum Gasteiger partial charge on any atom is -0.483 e. The molecule has 1 aliphatic heterocycles. The molecule has 0 bridgehead atoms. The summed E-state index contributed by atoms with van der Waals surface area (Å²) in [6.45, 7) is 8.65. The average Bonchev–Trinajstić information content (AvgIpc) is 2.39. The lowest BCUT2D eigenvalue weighted by Crippen LogP contribution is -2.20. The van der Waals surface area contributed by atoms with Crippen LogP contribution in [0.15, 0.2) is 34.3 Å². The number of fused-ring (bicyclic) bond motifs is 1. The zero-order valence-corrected chi connectivity index (χ0v) is 11.1. The maximum absolute atomic E-state index is 6.02. The number of hydrogen-bond acceptors (Lipinski definition) is 2. The van der Waals surface area contributed by atoms with Gasteiger partial charge in [-0.15, -0.1) is 0 Å². The van der Waals surface area contributed by atoms with Crippen LogP contribution in [0.4, 0.5) is 0 Å². The van der Waals surface area contributed by atoms with Gasteiger partial charge in [0.1, 0.15) is 11.4 Å². The van der Waals surface area contributed by atoms with E-state index in [9.17, 15) is 0 Å². The van der Waals surface area contributed by atoms with Crippen LogP contribution in [0.5, 0.6) is 0 Å². The van der Waals surface area contributed by atoms with E-state index in [1.54, 1.807) is 0 Å². The van der Waals surface area contributed by atoms with Gasteiger partial charge in [-0.25, -0.2) is 0 Å². The Morgan fingerprint density at radius 3 is 2.44 bits per heavy atom. The van der Waals surface area contributed by atoms with Gasteiger partial charge in [0.05, 0.1) is 0 Å². The van der Waals surface area contributed by atoms with E-state index in [0.29, 0.717) is 0 Å². The topological polar surface area (TPSA) is 12.5 Å². The smallest absolute Gasteiger partial charge is 0.126 e. The highest BCUT2D eigenvalue weighted by atomic mass is 16.5. The summed E-state index contributed by atoms with van der Waals surface area (Å²) in [6.07, 6.45) is 3.20. The van der Waals surface area contributed by atoms with Crippen molar-refractivity contribution in [1.29, 1.82) is 0 Å². The Morgan fingerprint density at radius 1 is 1.25 bits per heavy atom. The van der Waals surface area contributed by atoms with Crippen molar-refractivity contribution >= 4 is 0 Å². The van der Waals surface area contributed by atoms with Crippen LogP contribution in [0.3, 0.4) is 0 Å². The molecule has 2 rings (SSSR count). The van der Waals surface area contributed by atoms with E-state index in [1.165, 1.54) is 22.4 Å². The first-order valence-electron chi connectivity index (χ1n) is 5.83. The third-order valence-corrected chi connectivity index (χ3v) is 3.57. The van der Waals surface area contributed by atoms with Crippen molar-refractivity contribution in [2.24, 2.45) is 0 Å². The van der Waals surface area contributed by atoms with E-state index in [0.717, 1.165) is 12.2 Å². The molecule has 2 nitrogen and oxygen atoms in total. The Kier molecular flexibility index (Phi) is 2.41. The molecule has 0 aromatic heterocycles. The van der Waals surface area contributed by atoms with Crippen molar-refractivity contribution < 1.29 is 4.74 Å². The number of allylic oxidation sites excluding steroid dienone is 2. The molecule has 0 fully saturated rings. The van der Waals surface area contributed by atoms with Crippen molar-refractivity contribution in [2.75, 3.05) is 14.1 Å². The van der Waals surface area contributed by atoms with Crippen LogP contribution in [0, 0.1) is 0 Å². The summed E-state index contributed by atoms with van der Waals surface area (Å²) in [7, 11) is 4.21. The van der Waals surface area contributed by atoms with E-state index >= 15 is 0 Å². The van der Waals surface area contributed by atoms with Crippen LogP contribution in [-0.2, 0) is 4.74 Å². The molecule has 0 atom stereocenters. The molecule has 0 radical (unpaired) electrons. The summed E-state index contributed by atoms with van der Waals surface area (Å²) in [5.74, 6) is 1.07. The zero-order chi connectivity index (χ0) is 12.1. The molecule has 0 aromatic carbocycles. The van der Waals surface area contributed by atoms with Crippen molar-refractivity contribution in [3.8, 4) is 0 Å². The number of nitrogens with zero attached hydrogens (tertiary/aromatic N) is 1. The molecule has 0 aromatic rings. The van der Waals surface area contributed by atoms with E-state index < -0.39 is 0 Å². The Bertz CT molecular complexity index is 422. The van der Waals surface area contributed by atoms with Gasteiger partial charge in [-0.3, -0.25) is 0 Å². The molecule has 1 aliphatic carbocycles. The highest BCUT2D eigenvalue weighted by Crippen LogP contribution is 2.45. The van der Waals surface area contributed by atoms with Crippen molar-refractivity contribution in [1.82, 2.24) is 4.90 Å². The molecule has 2 aliphatic rings. The lowest BCUT2D eigenvalue weighted by atomic mass is 9.90. The summed E-state index contributed by atoms with van der Waals surface area (Å²) >= 11 is 0. The van der Waals surface area contributed by atoms with Gasteiger partial charge in [-0.05, 0) is 51.3 Å². The quantitative estimate of drug-likeness (QED) is 0.671. The standard InChI is InChI=1S/C14H21NO/c1-9-7-8-11-12(13(9)15(5)6)10(2)14(3,4)16-11/h8H,7H2,1-6H3. The Hall–Kier alpha value is -1.18. The van der Waals surface area contributed by atoms with Gasteiger partial charge in [0.25, 0.3) is 0 Å². The maximum atomic E-state index is 6.02. The Morgan fingerprint density at radius 2 is 1.88 bits per heavy atom. The molecule has 0 unspecified atom stereocenters. The number of ether oxygens (including phenoxy) is 1. The zero-order valence-electron chi connectivity index (χ0n) is 11.1. The molecule has 0 saturated carbocycles. The lowest BCUT2D eigenvalue weighted by molar-refractivity contribution is 0.0924. The molecule has 16 heavy (non-hydrogen) atoms. The predicted octanol–water partition coefficient (Wildman–Crippen LogP) is 3.23. The van der Waals surface area contributed by atoms with Crippen LogP contribution in [-0.4, -0.2) is 24.6 Å². The van der Waals surface area contributed by atoms with Gasteiger partial charge in [0, 0.05) is 25.4 Å². The predicted molar refractivity (Wildman–Crippen MR) is 67.0 cm³/mol. The van der Waals surface area contributed by atoms with Gasteiger partial charge in [0.15, 0.2) is 0 Å². The summed E-state index contributed by atoms with van der Waals surface area (Å²) in [5.41, 5.74) is 5.23. The molecule has 2 heteroatoms. The molecule has 0 saturated heterocycles. The van der Waals surface area contributed by atoms with Crippen LogP contribution < -0.4 is 0 Å². The van der Waals surface area contributed by atoms with E-state index in [1.807, 2.05) is 0 Å². The van der Waals surface area contributed by atoms with E-state index in [4.69, 9.17) is 4.74 Å². The number of hydrogen-bond donors (Lipinski definition) is 0. The van der Waals surface area contributed by atoms with Crippen molar-refractivity contribution in [3.63, 3.8) is 0 Å². The highest BCUT2D eigenvalue weighted by molar-refractivity contribution is 5.56. The molecule has 88 valence electrons. The fourth-order valence-corrected chi connectivity index (χ4v) is 2.49. The maximum Gasteiger partial charge on any atom is 0.126 e. The van der Waals surface area contributed by atoms with Crippen LogP contribution in [0.1, 0.15) is 34.1 Å².